The minimum atomic E-state index is -0.125. The fourth-order valence-electron chi connectivity index (χ4n) is 2.64. The lowest BCUT2D eigenvalue weighted by molar-refractivity contribution is 0.0942. The van der Waals surface area contributed by atoms with Crippen LogP contribution in [-0.4, -0.2) is 36.5 Å². The van der Waals surface area contributed by atoms with Crippen molar-refractivity contribution < 1.29 is 4.79 Å². The van der Waals surface area contributed by atoms with E-state index < -0.39 is 0 Å². The van der Waals surface area contributed by atoms with E-state index in [0.717, 1.165) is 19.5 Å². The number of hydrogen-bond donors (Lipinski definition) is 3. The molecule has 19 heavy (non-hydrogen) atoms. The third kappa shape index (κ3) is 3.17. The average molecular weight is 262 g/mol. The number of likely N-dealkylation sites (N-methyl/N-ethyl adjacent to an activating group) is 1. The zero-order chi connectivity index (χ0) is 13.8. The number of amides is 1. The normalized spacial score (nSPS) is 19.5. The lowest BCUT2D eigenvalue weighted by Crippen LogP contribution is -2.40. The fraction of sp³-hybridized carbons (Fsp3) is 0.500. The lowest BCUT2D eigenvalue weighted by Gasteiger charge is -2.23. The van der Waals surface area contributed by atoms with Gasteiger partial charge in [0.25, 0.3) is 5.91 Å². The molecule has 1 atom stereocenters. The minimum Gasteiger partial charge on any atom is -0.399 e. The Bertz CT molecular complexity index is 461. The summed E-state index contributed by atoms with van der Waals surface area (Å²) in [6.07, 6.45) is 2.35. The molecule has 0 spiro atoms. The quantitative estimate of drug-likeness (QED) is 0.709. The van der Waals surface area contributed by atoms with E-state index >= 15 is 0 Å². The fourth-order valence-corrected chi connectivity index (χ4v) is 2.64. The first-order chi connectivity index (χ1) is 9.11. The molecule has 0 radical (unpaired) electrons. The van der Waals surface area contributed by atoms with Gasteiger partial charge in [-0.3, -0.25) is 9.69 Å². The molecule has 1 amide bonds. The number of likely N-dealkylation sites (tertiary alicyclic amines) is 1. The molecule has 1 fully saturated rings. The number of nitrogens with one attached hydrogen (secondary N) is 1. The maximum Gasteiger partial charge on any atom is 0.253 e. The Labute approximate surface area is 113 Å². The summed E-state index contributed by atoms with van der Waals surface area (Å²) in [5.41, 5.74) is 12.9. The Balaban J connectivity index is 1.94. The summed E-state index contributed by atoms with van der Waals surface area (Å²) in [7, 11) is 0. The number of anilines is 2. The summed E-state index contributed by atoms with van der Waals surface area (Å²) in [6.45, 7) is 4.99. The Kier molecular flexibility index (Phi) is 4.27. The monoisotopic (exact) mass is 262 g/mol. The summed E-state index contributed by atoms with van der Waals surface area (Å²) >= 11 is 0. The summed E-state index contributed by atoms with van der Waals surface area (Å²) in [6, 6.07) is 5.43. The van der Waals surface area contributed by atoms with Gasteiger partial charge >= 0.3 is 0 Å². The van der Waals surface area contributed by atoms with Crippen molar-refractivity contribution >= 4 is 17.3 Å². The molecule has 1 aliphatic rings. The summed E-state index contributed by atoms with van der Waals surface area (Å²) in [5.74, 6) is -0.125. The highest BCUT2D eigenvalue weighted by molar-refractivity contribution is 5.99. The highest BCUT2D eigenvalue weighted by atomic mass is 16.1. The molecule has 1 aliphatic heterocycles. The largest absolute Gasteiger partial charge is 0.399 e. The van der Waals surface area contributed by atoms with Crippen molar-refractivity contribution in [2.75, 3.05) is 31.1 Å². The summed E-state index contributed by atoms with van der Waals surface area (Å²) < 4.78 is 0. The number of benzene rings is 1. The molecule has 0 aromatic heterocycles. The second-order valence-electron chi connectivity index (χ2n) is 4.98. The summed E-state index contributed by atoms with van der Waals surface area (Å²) in [4.78, 5) is 14.5. The third-order valence-electron chi connectivity index (χ3n) is 3.72. The van der Waals surface area contributed by atoms with Gasteiger partial charge in [-0.1, -0.05) is 6.92 Å². The Morgan fingerprint density at radius 3 is 2.95 bits per heavy atom. The predicted molar refractivity (Wildman–Crippen MR) is 77.9 cm³/mol. The molecule has 5 nitrogen and oxygen atoms in total. The van der Waals surface area contributed by atoms with Crippen LogP contribution in [0.25, 0.3) is 0 Å². The number of nitrogens with two attached hydrogens (primary N) is 2. The van der Waals surface area contributed by atoms with Crippen molar-refractivity contribution in [3.05, 3.63) is 23.8 Å². The zero-order valence-corrected chi connectivity index (χ0v) is 11.4. The molecule has 0 aliphatic carbocycles. The van der Waals surface area contributed by atoms with E-state index in [4.69, 9.17) is 11.5 Å². The number of carbonyl (C=O) groups excluding carboxylic acids is 1. The minimum absolute atomic E-state index is 0.125. The van der Waals surface area contributed by atoms with E-state index in [1.54, 1.807) is 18.2 Å². The van der Waals surface area contributed by atoms with E-state index in [0.29, 0.717) is 29.5 Å². The van der Waals surface area contributed by atoms with Gasteiger partial charge in [-0.2, -0.15) is 0 Å². The Morgan fingerprint density at radius 2 is 2.26 bits per heavy atom. The smallest absolute Gasteiger partial charge is 0.253 e. The second-order valence-corrected chi connectivity index (χ2v) is 4.98. The van der Waals surface area contributed by atoms with E-state index in [-0.39, 0.29) is 5.91 Å². The van der Waals surface area contributed by atoms with Crippen molar-refractivity contribution in [3.8, 4) is 0 Å². The molecule has 0 bridgehead atoms. The van der Waals surface area contributed by atoms with E-state index in [1.165, 1.54) is 6.42 Å². The Morgan fingerprint density at radius 1 is 1.47 bits per heavy atom. The van der Waals surface area contributed by atoms with Gasteiger partial charge in [-0.15, -0.1) is 0 Å². The van der Waals surface area contributed by atoms with Crippen LogP contribution < -0.4 is 16.8 Å². The van der Waals surface area contributed by atoms with Crippen LogP contribution in [0.15, 0.2) is 18.2 Å². The van der Waals surface area contributed by atoms with Gasteiger partial charge in [0.15, 0.2) is 0 Å². The van der Waals surface area contributed by atoms with Crippen LogP contribution in [-0.2, 0) is 0 Å². The van der Waals surface area contributed by atoms with Gasteiger partial charge in [-0.05, 0) is 44.1 Å². The first-order valence-corrected chi connectivity index (χ1v) is 6.79. The van der Waals surface area contributed by atoms with Gasteiger partial charge < -0.3 is 16.8 Å². The van der Waals surface area contributed by atoms with E-state index in [1.807, 2.05) is 0 Å². The Hall–Kier alpha value is -1.75. The number of carbonyl (C=O) groups is 1. The summed E-state index contributed by atoms with van der Waals surface area (Å²) in [5, 5.41) is 2.96. The maximum absolute atomic E-state index is 12.1. The number of rotatable bonds is 4. The molecule has 5 heteroatoms. The van der Waals surface area contributed by atoms with Crippen LogP contribution in [0.2, 0.25) is 0 Å². The van der Waals surface area contributed by atoms with Crippen molar-refractivity contribution in [2.45, 2.75) is 25.8 Å². The molecule has 1 aromatic rings. The van der Waals surface area contributed by atoms with Crippen LogP contribution in [0.4, 0.5) is 11.4 Å². The van der Waals surface area contributed by atoms with Crippen LogP contribution in [0, 0.1) is 0 Å². The van der Waals surface area contributed by atoms with Crippen molar-refractivity contribution in [1.82, 2.24) is 10.2 Å². The van der Waals surface area contributed by atoms with Crippen molar-refractivity contribution in [2.24, 2.45) is 0 Å². The van der Waals surface area contributed by atoms with Crippen molar-refractivity contribution in [1.29, 1.82) is 0 Å². The molecule has 1 saturated heterocycles. The molecule has 5 N–H and O–H groups in total. The van der Waals surface area contributed by atoms with Crippen LogP contribution >= 0.6 is 0 Å². The van der Waals surface area contributed by atoms with Crippen LogP contribution in [0.5, 0.6) is 0 Å². The highest BCUT2D eigenvalue weighted by Gasteiger charge is 2.23. The second kappa shape index (κ2) is 5.93. The molecular formula is C14H22N4O. The molecular weight excluding hydrogens is 240 g/mol. The molecule has 2 rings (SSSR count). The zero-order valence-electron chi connectivity index (χ0n) is 11.4. The van der Waals surface area contributed by atoms with Gasteiger partial charge in [0, 0.05) is 24.0 Å². The SMILES string of the molecule is CCN1CCCC1CNC(=O)c1ccc(N)cc1N. The van der Waals surface area contributed by atoms with Gasteiger partial charge in [-0.25, -0.2) is 0 Å². The standard InChI is InChI=1S/C14H22N4O/c1-2-18-7-3-4-11(18)9-17-14(19)12-6-5-10(15)8-13(12)16/h5-6,8,11H,2-4,7,9,15-16H2,1H3,(H,17,19). The van der Waals surface area contributed by atoms with Crippen molar-refractivity contribution in [3.63, 3.8) is 0 Å². The molecule has 1 heterocycles. The molecule has 1 unspecified atom stereocenters. The van der Waals surface area contributed by atoms with Gasteiger partial charge in [0.05, 0.1) is 5.56 Å². The average Bonchev–Trinajstić information content (AvgIpc) is 2.83. The first-order valence-electron chi connectivity index (χ1n) is 6.79. The van der Waals surface area contributed by atoms with Gasteiger partial charge in [0.2, 0.25) is 0 Å². The molecule has 104 valence electrons. The number of hydrogen-bond acceptors (Lipinski definition) is 4. The lowest BCUT2D eigenvalue weighted by atomic mass is 10.1. The third-order valence-corrected chi connectivity index (χ3v) is 3.72. The topological polar surface area (TPSA) is 84.4 Å². The molecule has 1 aromatic carbocycles. The highest BCUT2D eigenvalue weighted by Crippen LogP contribution is 2.17. The maximum atomic E-state index is 12.1. The van der Waals surface area contributed by atoms with Gasteiger partial charge in [0.1, 0.15) is 0 Å². The van der Waals surface area contributed by atoms with Crippen LogP contribution in [0.1, 0.15) is 30.1 Å². The van der Waals surface area contributed by atoms with E-state index in [9.17, 15) is 4.79 Å². The van der Waals surface area contributed by atoms with E-state index in [2.05, 4.69) is 17.1 Å². The predicted octanol–water partition coefficient (Wildman–Crippen LogP) is 1.07. The van der Waals surface area contributed by atoms with Crippen LogP contribution in [0.3, 0.4) is 0 Å². The molecule has 0 saturated carbocycles. The first kappa shape index (κ1) is 13.7. The number of nitrogen functional groups attached to an aromatic ring is 2. The number of nitrogens with zero attached hydrogens (tertiary/aromatic N) is 1.